The Morgan fingerprint density at radius 1 is 1.26 bits per heavy atom. The summed E-state index contributed by atoms with van der Waals surface area (Å²) in [7, 11) is 0. The number of hydrazine groups is 1. The highest BCUT2D eigenvalue weighted by Crippen LogP contribution is 2.33. The second-order valence-corrected chi connectivity index (χ2v) is 6.69. The summed E-state index contributed by atoms with van der Waals surface area (Å²) in [6.45, 7) is 0. The zero-order valence-electron chi connectivity index (χ0n) is 12.2. The number of carbonyl (C=O) groups is 3. The van der Waals surface area contributed by atoms with Crippen LogP contribution in [0, 0.1) is 5.82 Å². The first-order valence-electron chi connectivity index (χ1n) is 7.36. The van der Waals surface area contributed by atoms with Gasteiger partial charge in [-0.25, -0.2) is 9.18 Å². The zero-order valence-corrected chi connectivity index (χ0v) is 13.8. The lowest BCUT2D eigenvalue weighted by Gasteiger charge is -2.30. The molecule has 2 fully saturated rings. The lowest BCUT2D eigenvalue weighted by molar-refractivity contribution is -0.134. The summed E-state index contributed by atoms with van der Waals surface area (Å²) in [6, 6.07) is 3.20. The molecule has 122 valence electrons. The van der Waals surface area contributed by atoms with Crippen LogP contribution in [0.1, 0.15) is 42.5 Å². The van der Waals surface area contributed by atoms with Crippen molar-refractivity contribution in [1.82, 2.24) is 15.8 Å². The number of amides is 4. The summed E-state index contributed by atoms with van der Waals surface area (Å²) in [5.74, 6) is -2.06. The molecule has 0 radical (unpaired) electrons. The third-order valence-corrected chi connectivity index (χ3v) is 4.75. The molecular formula is C15H15BrFN3O3. The minimum atomic E-state index is -0.932. The largest absolute Gasteiger partial charge is 0.344 e. The molecule has 2 N–H and O–H groups in total. The molecule has 0 unspecified atom stereocenters. The van der Waals surface area contributed by atoms with Crippen LogP contribution in [0.3, 0.4) is 0 Å². The van der Waals surface area contributed by atoms with E-state index in [0.717, 1.165) is 25.3 Å². The van der Waals surface area contributed by atoms with Gasteiger partial charge in [-0.15, -0.1) is 0 Å². The highest BCUT2D eigenvalue weighted by Gasteiger charge is 2.52. The summed E-state index contributed by atoms with van der Waals surface area (Å²) in [5.41, 5.74) is 1.03. The summed E-state index contributed by atoms with van der Waals surface area (Å²) in [4.78, 5) is 36.8. The number of hydrogen-bond donors (Lipinski definition) is 2. The standard InChI is InChI=1S/C15H15BrFN3O3/c16-9-4-5-11(17)10(8-9)12(21)19-20-13(22)15(18-14(20)23)6-2-1-3-7-15/h4-5,8H,1-3,6-7H2,(H,18,23)(H,19,21). The van der Waals surface area contributed by atoms with Crippen molar-refractivity contribution in [1.29, 1.82) is 0 Å². The molecule has 0 bridgehead atoms. The second-order valence-electron chi connectivity index (χ2n) is 5.78. The Labute approximate surface area is 140 Å². The monoisotopic (exact) mass is 383 g/mol. The van der Waals surface area contributed by atoms with Crippen LogP contribution >= 0.6 is 15.9 Å². The normalized spacial score (nSPS) is 19.8. The van der Waals surface area contributed by atoms with Gasteiger partial charge in [0.15, 0.2) is 0 Å². The Morgan fingerprint density at radius 2 is 1.96 bits per heavy atom. The highest BCUT2D eigenvalue weighted by molar-refractivity contribution is 9.10. The topological polar surface area (TPSA) is 78.5 Å². The molecule has 1 heterocycles. The van der Waals surface area contributed by atoms with Gasteiger partial charge in [-0.1, -0.05) is 35.2 Å². The number of carbonyl (C=O) groups excluding carboxylic acids is 3. The number of hydrogen-bond acceptors (Lipinski definition) is 3. The Kier molecular flexibility index (Phi) is 4.09. The maximum absolute atomic E-state index is 13.8. The second kappa shape index (κ2) is 5.92. The fourth-order valence-electron chi connectivity index (χ4n) is 3.05. The van der Waals surface area contributed by atoms with Gasteiger partial charge in [0.05, 0.1) is 5.56 Å². The van der Waals surface area contributed by atoms with Gasteiger partial charge in [0.25, 0.3) is 11.8 Å². The van der Waals surface area contributed by atoms with Crippen molar-refractivity contribution in [2.75, 3.05) is 0 Å². The first kappa shape index (κ1) is 15.9. The molecule has 3 rings (SSSR count). The minimum Gasteiger partial charge on any atom is -0.322 e. The maximum atomic E-state index is 13.8. The van der Waals surface area contributed by atoms with Crippen molar-refractivity contribution in [3.05, 3.63) is 34.1 Å². The van der Waals surface area contributed by atoms with Crippen molar-refractivity contribution in [2.24, 2.45) is 0 Å². The van der Waals surface area contributed by atoms with E-state index in [1.54, 1.807) is 0 Å². The van der Waals surface area contributed by atoms with Gasteiger partial charge in [0.2, 0.25) is 0 Å². The van der Waals surface area contributed by atoms with Crippen molar-refractivity contribution in [3.63, 3.8) is 0 Å². The van der Waals surface area contributed by atoms with Gasteiger partial charge in [-0.05, 0) is 31.0 Å². The van der Waals surface area contributed by atoms with Crippen molar-refractivity contribution in [2.45, 2.75) is 37.6 Å². The molecule has 1 spiro atoms. The maximum Gasteiger partial charge on any atom is 0.344 e. The van der Waals surface area contributed by atoms with Crippen LogP contribution in [-0.4, -0.2) is 28.4 Å². The SMILES string of the molecule is O=C(NN1C(=O)NC2(CCCCC2)C1=O)c1cc(Br)ccc1F. The molecule has 1 saturated heterocycles. The summed E-state index contributed by atoms with van der Waals surface area (Å²) < 4.78 is 14.3. The highest BCUT2D eigenvalue weighted by atomic mass is 79.9. The summed E-state index contributed by atoms with van der Waals surface area (Å²) in [5, 5.41) is 3.33. The van der Waals surface area contributed by atoms with Crippen LogP contribution in [0.15, 0.2) is 22.7 Å². The molecule has 2 aliphatic rings. The van der Waals surface area contributed by atoms with E-state index in [2.05, 4.69) is 26.7 Å². The first-order chi connectivity index (χ1) is 10.9. The molecule has 4 amide bonds. The van der Waals surface area contributed by atoms with E-state index in [-0.39, 0.29) is 5.56 Å². The molecular weight excluding hydrogens is 369 g/mol. The van der Waals surface area contributed by atoms with Gasteiger partial charge in [-0.3, -0.25) is 15.0 Å². The molecule has 6 nitrogen and oxygen atoms in total. The molecule has 1 saturated carbocycles. The minimum absolute atomic E-state index is 0.246. The van der Waals surface area contributed by atoms with Crippen molar-refractivity contribution >= 4 is 33.8 Å². The lowest BCUT2D eigenvalue weighted by atomic mass is 9.82. The van der Waals surface area contributed by atoms with Gasteiger partial charge in [0, 0.05) is 4.47 Å². The number of halogens is 2. The van der Waals surface area contributed by atoms with E-state index in [4.69, 9.17) is 0 Å². The number of urea groups is 1. The molecule has 1 aromatic rings. The number of rotatable bonds is 2. The van der Waals surface area contributed by atoms with E-state index >= 15 is 0 Å². The average Bonchev–Trinajstić information content (AvgIpc) is 2.74. The van der Waals surface area contributed by atoms with Crippen molar-refractivity contribution in [3.8, 4) is 0 Å². The molecule has 8 heteroatoms. The fourth-order valence-corrected chi connectivity index (χ4v) is 3.41. The van der Waals surface area contributed by atoms with Crippen LogP contribution in [0.2, 0.25) is 0 Å². The number of nitrogens with zero attached hydrogens (tertiary/aromatic N) is 1. The Hall–Kier alpha value is -1.96. The predicted octanol–water partition coefficient (Wildman–Crippen LogP) is 2.49. The fraction of sp³-hybridized carbons (Fsp3) is 0.400. The van der Waals surface area contributed by atoms with Crippen LogP contribution in [0.25, 0.3) is 0 Å². The van der Waals surface area contributed by atoms with Crippen LogP contribution < -0.4 is 10.7 Å². The van der Waals surface area contributed by atoms with E-state index < -0.39 is 29.2 Å². The first-order valence-corrected chi connectivity index (χ1v) is 8.15. The Balaban J connectivity index is 1.80. The third kappa shape index (κ3) is 2.83. The molecule has 1 aromatic carbocycles. The van der Waals surface area contributed by atoms with E-state index in [1.807, 2.05) is 0 Å². The Bertz CT molecular complexity index is 689. The molecule has 23 heavy (non-hydrogen) atoms. The van der Waals surface area contributed by atoms with Gasteiger partial charge in [-0.2, -0.15) is 5.01 Å². The predicted molar refractivity (Wildman–Crippen MR) is 82.8 cm³/mol. The number of nitrogens with one attached hydrogen (secondary N) is 2. The average molecular weight is 384 g/mol. The van der Waals surface area contributed by atoms with Gasteiger partial charge < -0.3 is 5.32 Å². The van der Waals surface area contributed by atoms with Crippen LogP contribution in [0.5, 0.6) is 0 Å². The number of imide groups is 1. The Morgan fingerprint density at radius 3 is 2.65 bits per heavy atom. The molecule has 0 atom stereocenters. The molecule has 1 aliphatic carbocycles. The summed E-state index contributed by atoms with van der Waals surface area (Å²) >= 11 is 3.15. The molecule has 1 aliphatic heterocycles. The summed E-state index contributed by atoms with van der Waals surface area (Å²) in [6.07, 6.45) is 3.80. The lowest BCUT2D eigenvalue weighted by Crippen LogP contribution is -2.51. The van der Waals surface area contributed by atoms with Crippen molar-refractivity contribution < 1.29 is 18.8 Å². The third-order valence-electron chi connectivity index (χ3n) is 4.26. The van der Waals surface area contributed by atoms with E-state index in [1.165, 1.54) is 12.1 Å². The quantitative estimate of drug-likeness (QED) is 0.770. The molecule has 0 aromatic heterocycles. The van der Waals surface area contributed by atoms with Gasteiger partial charge >= 0.3 is 6.03 Å². The van der Waals surface area contributed by atoms with E-state index in [0.29, 0.717) is 22.3 Å². The van der Waals surface area contributed by atoms with E-state index in [9.17, 15) is 18.8 Å². The van der Waals surface area contributed by atoms with Crippen LogP contribution in [-0.2, 0) is 4.79 Å². The van der Waals surface area contributed by atoms with Gasteiger partial charge in [0.1, 0.15) is 11.4 Å². The number of benzene rings is 1. The smallest absolute Gasteiger partial charge is 0.322 e. The van der Waals surface area contributed by atoms with Crippen LogP contribution in [0.4, 0.5) is 9.18 Å². The zero-order chi connectivity index (χ0) is 16.6.